The van der Waals surface area contributed by atoms with Gasteiger partial charge in [-0.15, -0.1) is 0 Å². The number of likely N-dealkylation sites (N-methyl/N-ethyl adjacent to an activating group) is 1. The number of urea groups is 1. The number of rotatable bonds is 11. The summed E-state index contributed by atoms with van der Waals surface area (Å²) in [6.45, 7) is 7.51. The van der Waals surface area contributed by atoms with Crippen LogP contribution >= 0.6 is 0 Å². The molecule has 0 saturated carbocycles. The average molecular weight is 494 g/mol. The van der Waals surface area contributed by atoms with Crippen molar-refractivity contribution in [2.75, 3.05) is 32.6 Å². The molecule has 4 rings (SSSR count). The lowest BCUT2D eigenvalue weighted by Crippen LogP contribution is -2.29. The van der Waals surface area contributed by atoms with Gasteiger partial charge < -0.3 is 29.6 Å². The molecule has 1 aromatic carbocycles. The lowest BCUT2D eigenvalue weighted by Gasteiger charge is -2.20. The van der Waals surface area contributed by atoms with Gasteiger partial charge in [0.15, 0.2) is 11.5 Å². The molecule has 1 aliphatic rings. The van der Waals surface area contributed by atoms with E-state index in [1.54, 1.807) is 13.2 Å². The number of carbonyl (C=O) groups excluding carboxylic acids is 1. The van der Waals surface area contributed by atoms with Crippen LogP contribution in [0.25, 0.3) is 11.0 Å². The first-order chi connectivity index (χ1) is 17.4. The zero-order valence-corrected chi connectivity index (χ0v) is 21.9. The van der Waals surface area contributed by atoms with Crippen LogP contribution < -0.4 is 20.1 Å². The van der Waals surface area contributed by atoms with E-state index in [0.717, 1.165) is 42.5 Å². The molecule has 0 bridgehead atoms. The lowest BCUT2D eigenvalue weighted by molar-refractivity contribution is 0.251. The lowest BCUT2D eigenvalue weighted by atomic mass is 10.1. The Balaban J connectivity index is 1.35. The van der Waals surface area contributed by atoms with Gasteiger partial charge >= 0.3 is 6.03 Å². The van der Waals surface area contributed by atoms with Crippen molar-refractivity contribution in [3.63, 3.8) is 0 Å². The molecule has 2 aromatic heterocycles. The van der Waals surface area contributed by atoms with Gasteiger partial charge in [-0.3, -0.25) is 0 Å². The smallest absolute Gasteiger partial charge is 0.319 e. The molecule has 1 saturated heterocycles. The number of nitrogens with zero attached hydrogens (tertiary/aromatic N) is 3. The van der Waals surface area contributed by atoms with Crippen LogP contribution in [0.4, 0.5) is 10.5 Å². The second-order valence-corrected chi connectivity index (χ2v) is 10.0. The number of fused-ring (bicyclic) bond motifs is 1. The largest absolute Gasteiger partial charge is 0.493 e. The highest BCUT2D eigenvalue weighted by molar-refractivity contribution is 5.90. The molecule has 3 aromatic rings. The molecule has 8 nitrogen and oxygen atoms in total. The minimum absolute atomic E-state index is 0.275. The predicted molar refractivity (Wildman–Crippen MR) is 144 cm³/mol. The SMILES string of the molecule is COc1ccc(NC(=O)NCc2ccnc3c2ccn3CC2CCCN2C)cc1OCCCC(C)C. The molecule has 1 aliphatic heterocycles. The topological polar surface area (TPSA) is 80.7 Å². The Kier molecular flexibility index (Phi) is 8.70. The van der Waals surface area contributed by atoms with Gasteiger partial charge in [0.05, 0.1) is 13.7 Å². The van der Waals surface area contributed by atoms with Crippen molar-refractivity contribution >= 4 is 22.8 Å². The fraction of sp³-hybridized carbons (Fsp3) is 0.500. The van der Waals surface area contributed by atoms with Crippen LogP contribution in [0.5, 0.6) is 11.5 Å². The number of nitrogens with one attached hydrogen (secondary N) is 2. The zero-order valence-electron chi connectivity index (χ0n) is 21.9. The van der Waals surface area contributed by atoms with Crippen LogP contribution in [0.3, 0.4) is 0 Å². The molecule has 1 atom stereocenters. The summed E-state index contributed by atoms with van der Waals surface area (Å²) < 4.78 is 13.6. The van der Waals surface area contributed by atoms with Gasteiger partial charge in [-0.1, -0.05) is 13.8 Å². The van der Waals surface area contributed by atoms with Gasteiger partial charge in [0.25, 0.3) is 0 Å². The number of methoxy groups -OCH3 is 1. The monoisotopic (exact) mass is 493 g/mol. The second-order valence-electron chi connectivity index (χ2n) is 10.0. The molecule has 1 unspecified atom stereocenters. The highest BCUT2D eigenvalue weighted by atomic mass is 16.5. The van der Waals surface area contributed by atoms with Crippen molar-refractivity contribution < 1.29 is 14.3 Å². The van der Waals surface area contributed by atoms with Crippen LogP contribution in [0.2, 0.25) is 0 Å². The number of likely N-dealkylation sites (tertiary alicyclic amines) is 1. The summed E-state index contributed by atoms with van der Waals surface area (Å²) in [5, 5.41) is 6.95. The molecule has 2 amide bonds. The quantitative estimate of drug-likeness (QED) is 0.356. The van der Waals surface area contributed by atoms with Gasteiger partial charge in [0, 0.05) is 48.7 Å². The van der Waals surface area contributed by atoms with Crippen LogP contribution in [-0.4, -0.2) is 53.8 Å². The molecule has 0 aliphatic carbocycles. The highest BCUT2D eigenvalue weighted by Crippen LogP contribution is 2.30. The van der Waals surface area contributed by atoms with E-state index < -0.39 is 0 Å². The van der Waals surface area contributed by atoms with E-state index >= 15 is 0 Å². The fourth-order valence-electron chi connectivity index (χ4n) is 4.78. The Morgan fingerprint density at radius 1 is 1.22 bits per heavy atom. The van der Waals surface area contributed by atoms with Gasteiger partial charge in [0.1, 0.15) is 5.65 Å². The van der Waals surface area contributed by atoms with Gasteiger partial charge in [0.2, 0.25) is 0 Å². The number of hydrogen-bond acceptors (Lipinski definition) is 5. The number of amides is 2. The summed E-state index contributed by atoms with van der Waals surface area (Å²) >= 11 is 0. The molecule has 194 valence electrons. The van der Waals surface area contributed by atoms with Crippen LogP contribution in [0.1, 0.15) is 45.1 Å². The third-order valence-electron chi connectivity index (χ3n) is 6.88. The Bertz CT molecular complexity index is 1160. The van der Waals surface area contributed by atoms with Gasteiger partial charge in [-0.2, -0.15) is 0 Å². The van der Waals surface area contributed by atoms with Crippen molar-refractivity contribution in [2.24, 2.45) is 5.92 Å². The first-order valence-electron chi connectivity index (χ1n) is 12.9. The average Bonchev–Trinajstić information content (AvgIpc) is 3.47. The maximum atomic E-state index is 12.7. The minimum Gasteiger partial charge on any atom is -0.493 e. The molecule has 1 fully saturated rings. The molecule has 0 spiro atoms. The fourth-order valence-corrected chi connectivity index (χ4v) is 4.78. The third-order valence-corrected chi connectivity index (χ3v) is 6.88. The normalized spacial score (nSPS) is 16.0. The Hall–Kier alpha value is -3.26. The van der Waals surface area contributed by atoms with E-state index in [0.29, 0.717) is 42.3 Å². The predicted octanol–water partition coefficient (Wildman–Crippen LogP) is 5.28. The summed E-state index contributed by atoms with van der Waals surface area (Å²) in [5.74, 6) is 1.92. The summed E-state index contributed by atoms with van der Waals surface area (Å²) in [5.41, 5.74) is 2.65. The van der Waals surface area contributed by atoms with Crippen LogP contribution in [-0.2, 0) is 13.1 Å². The van der Waals surface area contributed by atoms with Crippen LogP contribution in [0.15, 0.2) is 42.7 Å². The van der Waals surface area contributed by atoms with Crippen molar-refractivity contribution in [3.8, 4) is 11.5 Å². The molecule has 8 heteroatoms. The number of aromatic nitrogens is 2. The standard InChI is InChI=1S/C28H39N5O3/c1-20(2)7-6-16-36-26-17-22(9-10-25(26)35-4)31-28(34)30-18-21-11-13-29-27-24(21)12-15-33(27)19-23-8-5-14-32(23)3/h9-13,15,17,20,23H,5-8,14,16,18-19H2,1-4H3,(H2,30,31,34). The molecular formula is C28H39N5O3. The molecule has 2 N–H and O–H groups in total. The van der Waals surface area contributed by atoms with E-state index in [1.165, 1.54) is 12.8 Å². The molecular weight excluding hydrogens is 454 g/mol. The Morgan fingerprint density at radius 3 is 2.83 bits per heavy atom. The maximum absolute atomic E-state index is 12.7. The van der Waals surface area contributed by atoms with Crippen molar-refractivity contribution in [1.82, 2.24) is 19.8 Å². The highest BCUT2D eigenvalue weighted by Gasteiger charge is 2.22. The van der Waals surface area contributed by atoms with E-state index in [-0.39, 0.29) is 6.03 Å². The van der Waals surface area contributed by atoms with Gasteiger partial charge in [-0.05, 0) is 75.0 Å². The van der Waals surface area contributed by atoms with Crippen molar-refractivity contribution in [2.45, 2.75) is 58.7 Å². The summed E-state index contributed by atoms with van der Waals surface area (Å²) in [4.78, 5) is 19.7. The Morgan fingerprint density at radius 2 is 2.08 bits per heavy atom. The zero-order chi connectivity index (χ0) is 25.5. The summed E-state index contributed by atoms with van der Waals surface area (Å²) in [7, 11) is 3.81. The van der Waals surface area contributed by atoms with Gasteiger partial charge in [-0.25, -0.2) is 9.78 Å². The Labute approximate surface area is 214 Å². The maximum Gasteiger partial charge on any atom is 0.319 e. The number of ether oxygens (including phenoxy) is 2. The second kappa shape index (κ2) is 12.1. The summed E-state index contributed by atoms with van der Waals surface area (Å²) in [6, 6.07) is 9.75. The molecule has 3 heterocycles. The number of carbonyl (C=O) groups is 1. The van der Waals surface area contributed by atoms with E-state index in [2.05, 4.69) is 58.2 Å². The third kappa shape index (κ3) is 6.49. The van der Waals surface area contributed by atoms with E-state index in [4.69, 9.17) is 9.47 Å². The minimum atomic E-state index is -0.275. The number of pyridine rings is 1. The first kappa shape index (κ1) is 25.8. The summed E-state index contributed by atoms with van der Waals surface area (Å²) in [6.07, 6.45) is 8.46. The van der Waals surface area contributed by atoms with E-state index in [9.17, 15) is 4.79 Å². The van der Waals surface area contributed by atoms with Crippen molar-refractivity contribution in [1.29, 1.82) is 0 Å². The number of anilines is 1. The van der Waals surface area contributed by atoms with Crippen LogP contribution in [0, 0.1) is 5.92 Å². The first-order valence-corrected chi connectivity index (χ1v) is 12.9. The number of benzene rings is 1. The van der Waals surface area contributed by atoms with Crippen molar-refractivity contribution in [3.05, 3.63) is 48.3 Å². The van der Waals surface area contributed by atoms with E-state index in [1.807, 2.05) is 24.4 Å². The molecule has 0 radical (unpaired) electrons. The number of hydrogen-bond donors (Lipinski definition) is 2. The molecule has 36 heavy (non-hydrogen) atoms.